The molecule has 1 N–H and O–H groups in total. The second-order valence-electron chi connectivity index (χ2n) is 6.97. The highest BCUT2D eigenvalue weighted by atomic mass is 32.2. The monoisotopic (exact) mass is 396 g/mol. The molecule has 0 saturated heterocycles. The van der Waals surface area contributed by atoms with E-state index in [4.69, 9.17) is 0 Å². The lowest BCUT2D eigenvalue weighted by Crippen LogP contribution is -2.39. The van der Waals surface area contributed by atoms with E-state index in [2.05, 4.69) is 5.32 Å². The minimum absolute atomic E-state index is 0.174. The SMILES string of the molecule is Cc1ccc(C(C)NC(=O)CN(C)S(=O)(=O)c2ccc3ccccc3c2)cc1. The molecule has 6 heteroatoms. The van der Waals surface area contributed by atoms with Crippen molar-refractivity contribution in [3.05, 3.63) is 77.9 Å². The Hall–Kier alpha value is -2.70. The number of rotatable bonds is 6. The largest absolute Gasteiger partial charge is 0.348 e. The van der Waals surface area contributed by atoms with E-state index >= 15 is 0 Å². The first-order valence-corrected chi connectivity index (χ1v) is 10.5. The maximum Gasteiger partial charge on any atom is 0.243 e. The fourth-order valence-electron chi connectivity index (χ4n) is 3.02. The summed E-state index contributed by atoms with van der Waals surface area (Å²) in [5, 5.41) is 4.66. The summed E-state index contributed by atoms with van der Waals surface area (Å²) in [5.74, 6) is -0.347. The van der Waals surface area contributed by atoms with Crippen LogP contribution in [-0.2, 0) is 14.8 Å². The van der Waals surface area contributed by atoms with Gasteiger partial charge in [0.2, 0.25) is 15.9 Å². The molecule has 0 aromatic heterocycles. The number of nitrogens with one attached hydrogen (secondary N) is 1. The van der Waals surface area contributed by atoms with Crippen LogP contribution in [0.3, 0.4) is 0 Å². The van der Waals surface area contributed by atoms with Crippen LogP contribution in [-0.4, -0.2) is 32.2 Å². The van der Waals surface area contributed by atoms with Crippen molar-refractivity contribution in [1.29, 1.82) is 0 Å². The topological polar surface area (TPSA) is 66.5 Å². The highest BCUT2D eigenvalue weighted by Crippen LogP contribution is 2.21. The molecule has 1 atom stereocenters. The molecule has 28 heavy (non-hydrogen) atoms. The van der Waals surface area contributed by atoms with E-state index in [0.29, 0.717) is 0 Å². The molecule has 3 rings (SSSR count). The second kappa shape index (κ2) is 8.12. The quantitative estimate of drug-likeness (QED) is 0.692. The average molecular weight is 397 g/mol. The van der Waals surface area contributed by atoms with E-state index in [1.807, 2.05) is 62.4 Å². The summed E-state index contributed by atoms with van der Waals surface area (Å²) in [4.78, 5) is 12.6. The maximum absolute atomic E-state index is 12.9. The van der Waals surface area contributed by atoms with Gasteiger partial charge in [-0.15, -0.1) is 0 Å². The third-order valence-corrected chi connectivity index (χ3v) is 6.55. The number of carbonyl (C=O) groups excluding carboxylic acids is 1. The summed E-state index contributed by atoms with van der Waals surface area (Å²) in [6.45, 7) is 3.63. The highest BCUT2D eigenvalue weighted by molar-refractivity contribution is 7.89. The van der Waals surface area contributed by atoms with Gasteiger partial charge in [0.15, 0.2) is 0 Å². The maximum atomic E-state index is 12.9. The molecule has 0 heterocycles. The number of fused-ring (bicyclic) bond motifs is 1. The van der Waals surface area contributed by atoms with Gasteiger partial charge in [-0.25, -0.2) is 8.42 Å². The summed E-state index contributed by atoms with van der Waals surface area (Å²) in [7, 11) is -2.34. The Bertz CT molecular complexity index is 1090. The van der Waals surface area contributed by atoms with Gasteiger partial charge in [0, 0.05) is 7.05 Å². The molecule has 146 valence electrons. The molecule has 0 aliphatic rings. The number of likely N-dealkylation sites (N-methyl/N-ethyl adjacent to an activating group) is 1. The molecular weight excluding hydrogens is 372 g/mol. The molecule has 0 radical (unpaired) electrons. The molecule has 5 nitrogen and oxygen atoms in total. The number of benzene rings is 3. The Morgan fingerprint density at radius 2 is 1.64 bits per heavy atom. The zero-order chi connectivity index (χ0) is 20.3. The molecule has 0 saturated carbocycles. The minimum atomic E-state index is -3.76. The fourth-order valence-corrected chi connectivity index (χ4v) is 4.18. The van der Waals surface area contributed by atoms with Crippen LogP contribution >= 0.6 is 0 Å². The predicted molar refractivity (Wildman–Crippen MR) is 112 cm³/mol. The van der Waals surface area contributed by atoms with Crippen molar-refractivity contribution in [1.82, 2.24) is 9.62 Å². The molecule has 0 bridgehead atoms. The first-order chi connectivity index (χ1) is 13.3. The summed E-state index contributed by atoms with van der Waals surface area (Å²) in [5.41, 5.74) is 2.11. The smallest absolute Gasteiger partial charge is 0.243 e. The van der Waals surface area contributed by atoms with Crippen molar-refractivity contribution in [3.8, 4) is 0 Å². The van der Waals surface area contributed by atoms with Crippen LogP contribution in [0.15, 0.2) is 71.6 Å². The van der Waals surface area contributed by atoms with Gasteiger partial charge in [-0.2, -0.15) is 4.31 Å². The standard InChI is InChI=1S/C22H24N2O3S/c1-16-8-10-18(11-9-16)17(2)23-22(25)15-24(3)28(26,27)21-13-12-19-6-4-5-7-20(19)14-21/h4-14,17H,15H2,1-3H3,(H,23,25). The summed E-state index contributed by atoms with van der Waals surface area (Å²) < 4.78 is 26.8. The van der Waals surface area contributed by atoms with E-state index in [1.54, 1.807) is 18.2 Å². The lowest BCUT2D eigenvalue weighted by Gasteiger charge is -2.20. The summed E-state index contributed by atoms with van der Waals surface area (Å²) >= 11 is 0. The predicted octanol–water partition coefficient (Wildman–Crippen LogP) is 3.65. The lowest BCUT2D eigenvalue weighted by atomic mass is 10.1. The number of carbonyl (C=O) groups is 1. The van der Waals surface area contributed by atoms with Gasteiger partial charge in [0.25, 0.3) is 0 Å². The van der Waals surface area contributed by atoms with E-state index in [0.717, 1.165) is 26.2 Å². The number of hydrogen-bond donors (Lipinski definition) is 1. The fraction of sp³-hybridized carbons (Fsp3) is 0.227. The van der Waals surface area contributed by atoms with Crippen LogP contribution in [0.5, 0.6) is 0 Å². The Labute approximate surface area is 166 Å². The Morgan fingerprint density at radius 1 is 1.00 bits per heavy atom. The van der Waals surface area contributed by atoms with Gasteiger partial charge < -0.3 is 5.32 Å². The normalized spacial score (nSPS) is 12.9. The van der Waals surface area contributed by atoms with Crippen molar-refractivity contribution in [2.75, 3.05) is 13.6 Å². The van der Waals surface area contributed by atoms with E-state index < -0.39 is 10.0 Å². The zero-order valence-electron chi connectivity index (χ0n) is 16.2. The second-order valence-corrected chi connectivity index (χ2v) is 9.01. The van der Waals surface area contributed by atoms with Gasteiger partial charge >= 0.3 is 0 Å². The van der Waals surface area contributed by atoms with Gasteiger partial charge in [0.1, 0.15) is 0 Å². The van der Waals surface area contributed by atoms with Crippen LogP contribution in [0, 0.1) is 6.92 Å². The number of nitrogens with zero attached hydrogens (tertiary/aromatic N) is 1. The molecule has 0 aliphatic heterocycles. The van der Waals surface area contributed by atoms with Crippen molar-refractivity contribution in [3.63, 3.8) is 0 Å². The molecule has 0 fully saturated rings. The van der Waals surface area contributed by atoms with Crippen molar-refractivity contribution in [2.45, 2.75) is 24.8 Å². The molecule has 0 spiro atoms. The molecule has 3 aromatic carbocycles. The number of hydrogen-bond acceptors (Lipinski definition) is 3. The number of sulfonamides is 1. The van der Waals surface area contributed by atoms with Gasteiger partial charge in [-0.1, -0.05) is 60.2 Å². The first-order valence-electron chi connectivity index (χ1n) is 9.08. The number of amides is 1. The van der Waals surface area contributed by atoms with Crippen LogP contribution in [0.2, 0.25) is 0 Å². The third kappa shape index (κ3) is 4.40. The summed E-state index contributed by atoms with van der Waals surface area (Å²) in [6, 6.07) is 20.2. The van der Waals surface area contributed by atoms with Crippen LogP contribution in [0.1, 0.15) is 24.1 Å². The molecule has 0 aliphatic carbocycles. The van der Waals surface area contributed by atoms with E-state index in [-0.39, 0.29) is 23.4 Å². The Morgan fingerprint density at radius 3 is 2.32 bits per heavy atom. The van der Waals surface area contributed by atoms with Gasteiger partial charge in [-0.05, 0) is 42.3 Å². The first kappa shape index (κ1) is 20.0. The summed E-state index contributed by atoms with van der Waals surface area (Å²) in [6.07, 6.45) is 0. The Kier molecular flexibility index (Phi) is 5.82. The van der Waals surface area contributed by atoms with Crippen LogP contribution < -0.4 is 5.32 Å². The van der Waals surface area contributed by atoms with Gasteiger partial charge in [-0.3, -0.25) is 4.79 Å². The minimum Gasteiger partial charge on any atom is -0.348 e. The van der Waals surface area contributed by atoms with Crippen molar-refractivity contribution in [2.24, 2.45) is 0 Å². The van der Waals surface area contributed by atoms with Crippen molar-refractivity contribution >= 4 is 26.7 Å². The zero-order valence-corrected chi connectivity index (χ0v) is 17.0. The number of aryl methyl sites for hydroxylation is 1. The molecule has 1 amide bonds. The van der Waals surface area contributed by atoms with Crippen LogP contribution in [0.25, 0.3) is 10.8 Å². The molecular formula is C22H24N2O3S. The lowest BCUT2D eigenvalue weighted by molar-refractivity contribution is -0.121. The molecule has 3 aromatic rings. The van der Waals surface area contributed by atoms with Crippen molar-refractivity contribution < 1.29 is 13.2 Å². The molecule has 1 unspecified atom stereocenters. The third-order valence-electron chi connectivity index (χ3n) is 4.75. The van der Waals surface area contributed by atoms with E-state index in [9.17, 15) is 13.2 Å². The van der Waals surface area contributed by atoms with Gasteiger partial charge in [0.05, 0.1) is 17.5 Å². The highest BCUT2D eigenvalue weighted by Gasteiger charge is 2.23. The van der Waals surface area contributed by atoms with E-state index in [1.165, 1.54) is 7.05 Å². The average Bonchev–Trinajstić information content (AvgIpc) is 2.67. The van der Waals surface area contributed by atoms with Crippen LogP contribution in [0.4, 0.5) is 0 Å². The Balaban J connectivity index is 1.70.